The monoisotopic (exact) mass is 443 g/mol. The van der Waals surface area contributed by atoms with Crippen LogP contribution in [0.4, 0.5) is 5.82 Å². The van der Waals surface area contributed by atoms with Crippen molar-refractivity contribution < 1.29 is 23.2 Å². The molecule has 4 rings (SSSR count). The summed E-state index contributed by atoms with van der Waals surface area (Å²) in [6, 6.07) is 9.74. The molecule has 0 saturated heterocycles. The van der Waals surface area contributed by atoms with Crippen molar-refractivity contribution in [2.45, 2.75) is 12.5 Å². The number of carbonyl (C=O) groups excluding carboxylic acids is 2. The number of aromatic nitrogens is 2. The molecule has 1 unspecified atom stereocenters. The molecule has 0 saturated carbocycles. The Labute approximate surface area is 182 Å². The summed E-state index contributed by atoms with van der Waals surface area (Å²) in [5.74, 6) is 0.500. The lowest BCUT2D eigenvalue weighted by Crippen LogP contribution is -2.34. The predicted octanol–water partition coefficient (Wildman–Crippen LogP) is 2.67. The Balaban J connectivity index is 1.38. The van der Waals surface area contributed by atoms with Gasteiger partial charge in [0.1, 0.15) is 29.8 Å². The zero-order valence-corrected chi connectivity index (χ0v) is 17.2. The van der Waals surface area contributed by atoms with Crippen LogP contribution in [0.3, 0.4) is 0 Å². The maximum absolute atomic E-state index is 12.8. The van der Waals surface area contributed by atoms with Gasteiger partial charge in [0.05, 0.1) is 12.5 Å². The lowest BCUT2D eigenvalue weighted by atomic mass is 10.1. The minimum Gasteiger partial charge on any atom is -0.467 e. The first-order valence-corrected chi connectivity index (χ1v) is 9.72. The van der Waals surface area contributed by atoms with Gasteiger partial charge in [-0.05, 0) is 36.4 Å². The van der Waals surface area contributed by atoms with E-state index in [4.69, 9.17) is 25.2 Å². The summed E-state index contributed by atoms with van der Waals surface area (Å²) in [4.78, 5) is 26.5. The molecule has 0 N–H and O–H groups in total. The van der Waals surface area contributed by atoms with E-state index in [0.29, 0.717) is 29.5 Å². The molecule has 160 valence electrons. The molecule has 0 radical (unpaired) electrons. The van der Waals surface area contributed by atoms with Gasteiger partial charge in [-0.3, -0.25) is 9.59 Å². The molecule has 3 aromatic rings. The van der Waals surface area contributed by atoms with Crippen LogP contribution in [0.2, 0.25) is 5.15 Å². The number of hydrazone groups is 1. The first kappa shape index (κ1) is 20.6. The van der Waals surface area contributed by atoms with Gasteiger partial charge in [0, 0.05) is 13.5 Å². The molecule has 0 spiro atoms. The number of likely N-dealkylation sites (N-methyl/N-ethyl adjacent to an activating group) is 1. The number of amides is 1. The Kier molecular flexibility index (Phi) is 5.99. The Hall–Kier alpha value is -3.66. The second-order valence-corrected chi connectivity index (χ2v) is 7.12. The Morgan fingerprint density at radius 2 is 2.00 bits per heavy atom. The number of esters is 1. The van der Waals surface area contributed by atoms with E-state index in [1.807, 2.05) is 0 Å². The quantitative estimate of drug-likeness (QED) is 0.512. The van der Waals surface area contributed by atoms with E-state index in [0.717, 1.165) is 0 Å². The van der Waals surface area contributed by atoms with Gasteiger partial charge < -0.3 is 18.5 Å². The number of ether oxygens (including phenoxy) is 1. The zero-order valence-electron chi connectivity index (χ0n) is 16.5. The Bertz CT molecular complexity index is 1070. The molecule has 4 heterocycles. The SMILES string of the molecule is CN(CC(=O)OCC(=O)N1N=C(c2ccco2)CC1c1ccco1)c1ccc(Cl)nn1. The van der Waals surface area contributed by atoms with E-state index in [2.05, 4.69) is 15.3 Å². The van der Waals surface area contributed by atoms with Crippen LogP contribution >= 0.6 is 11.6 Å². The summed E-state index contributed by atoms with van der Waals surface area (Å²) in [7, 11) is 1.65. The van der Waals surface area contributed by atoms with Crippen molar-refractivity contribution in [2.24, 2.45) is 5.10 Å². The molecule has 0 bridgehead atoms. The van der Waals surface area contributed by atoms with E-state index in [1.54, 1.807) is 43.4 Å². The van der Waals surface area contributed by atoms with Gasteiger partial charge in [-0.2, -0.15) is 5.10 Å². The molecular formula is C20H18ClN5O5. The van der Waals surface area contributed by atoms with E-state index < -0.39 is 24.5 Å². The molecule has 1 aliphatic rings. The van der Waals surface area contributed by atoms with Gasteiger partial charge in [0.15, 0.2) is 17.6 Å². The molecule has 0 aliphatic carbocycles. The van der Waals surface area contributed by atoms with E-state index in [9.17, 15) is 9.59 Å². The number of hydrogen-bond acceptors (Lipinski definition) is 9. The fraction of sp³-hybridized carbons (Fsp3) is 0.250. The van der Waals surface area contributed by atoms with Crippen LogP contribution in [0.1, 0.15) is 24.0 Å². The summed E-state index contributed by atoms with van der Waals surface area (Å²) in [5, 5.41) is 13.5. The van der Waals surface area contributed by atoms with Gasteiger partial charge in [-0.15, -0.1) is 10.2 Å². The maximum Gasteiger partial charge on any atom is 0.326 e. The van der Waals surface area contributed by atoms with Crippen molar-refractivity contribution in [3.8, 4) is 0 Å². The highest BCUT2D eigenvalue weighted by Crippen LogP contribution is 2.33. The number of anilines is 1. The van der Waals surface area contributed by atoms with Crippen LogP contribution in [0.25, 0.3) is 0 Å². The first-order valence-electron chi connectivity index (χ1n) is 9.34. The largest absolute Gasteiger partial charge is 0.467 e. The normalized spacial score (nSPS) is 15.6. The van der Waals surface area contributed by atoms with Gasteiger partial charge in [-0.1, -0.05) is 11.6 Å². The summed E-state index contributed by atoms with van der Waals surface area (Å²) in [6.07, 6.45) is 3.48. The van der Waals surface area contributed by atoms with Crippen LogP contribution in [0.5, 0.6) is 0 Å². The molecular weight excluding hydrogens is 426 g/mol. The van der Waals surface area contributed by atoms with Gasteiger partial charge in [-0.25, -0.2) is 5.01 Å². The number of hydrogen-bond donors (Lipinski definition) is 0. The number of nitrogens with zero attached hydrogens (tertiary/aromatic N) is 5. The molecule has 3 aromatic heterocycles. The van der Waals surface area contributed by atoms with Gasteiger partial charge in [0.2, 0.25) is 0 Å². The molecule has 10 nitrogen and oxygen atoms in total. The molecule has 1 atom stereocenters. The predicted molar refractivity (Wildman–Crippen MR) is 109 cm³/mol. The van der Waals surface area contributed by atoms with Crippen molar-refractivity contribution in [1.82, 2.24) is 15.2 Å². The summed E-state index contributed by atoms with van der Waals surface area (Å²) in [5.41, 5.74) is 0.604. The third-order valence-corrected chi connectivity index (χ3v) is 4.78. The van der Waals surface area contributed by atoms with E-state index in [-0.39, 0.29) is 11.7 Å². The van der Waals surface area contributed by atoms with Crippen LogP contribution in [0, 0.1) is 0 Å². The van der Waals surface area contributed by atoms with E-state index >= 15 is 0 Å². The smallest absolute Gasteiger partial charge is 0.326 e. The molecule has 11 heteroatoms. The molecule has 1 amide bonds. The van der Waals surface area contributed by atoms with Crippen LogP contribution < -0.4 is 4.90 Å². The highest BCUT2D eigenvalue weighted by atomic mass is 35.5. The number of rotatable bonds is 7. The first-order chi connectivity index (χ1) is 15.0. The molecule has 31 heavy (non-hydrogen) atoms. The van der Waals surface area contributed by atoms with Gasteiger partial charge in [0.25, 0.3) is 5.91 Å². The van der Waals surface area contributed by atoms with Crippen molar-refractivity contribution >= 4 is 35.0 Å². The van der Waals surface area contributed by atoms with Gasteiger partial charge >= 0.3 is 5.97 Å². The summed E-state index contributed by atoms with van der Waals surface area (Å²) in [6.45, 7) is -0.586. The van der Waals surface area contributed by atoms with Crippen molar-refractivity contribution in [3.63, 3.8) is 0 Å². The third kappa shape index (κ3) is 4.75. The second-order valence-electron chi connectivity index (χ2n) is 6.73. The summed E-state index contributed by atoms with van der Waals surface area (Å²) >= 11 is 5.71. The van der Waals surface area contributed by atoms with Crippen molar-refractivity contribution in [3.05, 3.63) is 65.6 Å². The van der Waals surface area contributed by atoms with Crippen LogP contribution in [-0.2, 0) is 14.3 Å². The fourth-order valence-corrected chi connectivity index (χ4v) is 3.18. The average molecular weight is 444 g/mol. The average Bonchev–Trinajstić information content (AvgIpc) is 3.53. The van der Waals surface area contributed by atoms with Crippen molar-refractivity contribution in [2.75, 3.05) is 25.1 Å². The number of furan rings is 2. The van der Waals surface area contributed by atoms with E-state index in [1.165, 1.54) is 22.4 Å². The molecule has 1 aliphatic heterocycles. The zero-order chi connectivity index (χ0) is 21.8. The molecule has 0 aromatic carbocycles. The highest BCUT2D eigenvalue weighted by molar-refractivity contribution is 6.29. The van der Waals surface area contributed by atoms with Crippen LogP contribution in [0.15, 0.2) is 62.9 Å². The van der Waals surface area contributed by atoms with Crippen molar-refractivity contribution in [1.29, 1.82) is 0 Å². The third-order valence-electron chi connectivity index (χ3n) is 4.58. The van der Waals surface area contributed by atoms with Crippen LogP contribution in [-0.4, -0.2) is 53.0 Å². The fourth-order valence-electron chi connectivity index (χ4n) is 3.08. The lowest BCUT2D eigenvalue weighted by molar-refractivity contribution is -0.151. The lowest BCUT2D eigenvalue weighted by Gasteiger charge is -2.20. The highest BCUT2D eigenvalue weighted by Gasteiger charge is 2.36. The standard InChI is InChI=1S/C20H18ClN5O5/c1-25(18-7-6-17(21)22-23-18)11-20(28)31-12-19(27)26-14(16-5-3-9-30-16)10-13(24-26)15-4-2-8-29-15/h2-9,14H,10-12H2,1H3. The number of carbonyl (C=O) groups is 2. The second kappa shape index (κ2) is 9.00. The Morgan fingerprint density at radius 3 is 2.68 bits per heavy atom. The topological polar surface area (TPSA) is 114 Å². The minimum atomic E-state index is -0.600. The molecule has 0 fully saturated rings. The minimum absolute atomic E-state index is 0.119. The number of halogens is 1. The summed E-state index contributed by atoms with van der Waals surface area (Å²) < 4.78 is 16.0. The maximum atomic E-state index is 12.8. The Morgan fingerprint density at radius 1 is 1.19 bits per heavy atom.